The molecule has 5 aromatic rings. The van der Waals surface area contributed by atoms with Crippen LogP contribution in [0.3, 0.4) is 0 Å². The van der Waals surface area contributed by atoms with E-state index >= 15 is 0 Å². The third-order valence-electron chi connectivity index (χ3n) is 6.65. The smallest absolute Gasteiger partial charge is 0.251 e. The summed E-state index contributed by atoms with van der Waals surface area (Å²) in [6.45, 7) is 0.296. The van der Waals surface area contributed by atoms with E-state index in [0.29, 0.717) is 40.7 Å². The summed E-state index contributed by atoms with van der Waals surface area (Å²) in [6, 6.07) is 21.6. The number of fused-ring (bicyclic) bond motifs is 1. The Hall–Kier alpha value is -5.30. The highest BCUT2D eigenvalue weighted by molar-refractivity contribution is 7.90. The number of benzene rings is 3. The fourth-order valence-corrected chi connectivity index (χ4v) is 4.79. The standard InChI is InChI=1S/C31H29FN6O5S/c1-43-27-17-23(30(40)33-15-16-44(2,41)42)9-13-26(27)35-31-36-28-14-10-24(19-38(28)37-31)21-5-7-22(8-6-21)29(39)34-18-20-3-11-25(32)12-4-20/h3-14,17,19H,15-16,18H2,1-2H3,(H,33,40)(H,34,39)(H,35,37). The van der Waals surface area contributed by atoms with E-state index in [-0.39, 0.29) is 24.0 Å². The maximum absolute atomic E-state index is 13.1. The average molecular weight is 617 g/mol. The zero-order chi connectivity index (χ0) is 31.3. The highest BCUT2D eigenvalue weighted by Crippen LogP contribution is 2.28. The van der Waals surface area contributed by atoms with Gasteiger partial charge in [0.2, 0.25) is 5.95 Å². The summed E-state index contributed by atoms with van der Waals surface area (Å²) in [4.78, 5) is 29.5. The predicted octanol–water partition coefficient (Wildman–Crippen LogP) is 3.99. The van der Waals surface area contributed by atoms with Gasteiger partial charge in [0.05, 0.1) is 18.6 Å². The van der Waals surface area contributed by atoms with Crippen molar-refractivity contribution in [3.8, 4) is 16.9 Å². The SMILES string of the molecule is COc1cc(C(=O)NCCS(C)(=O)=O)ccc1Nc1nc2ccc(-c3ccc(C(=O)NCc4ccc(F)cc4)cc3)cn2n1. The van der Waals surface area contributed by atoms with Crippen molar-refractivity contribution in [3.05, 3.63) is 108 Å². The highest BCUT2D eigenvalue weighted by atomic mass is 32.2. The molecule has 0 spiro atoms. The number of ether oxygens (including phenoxy) is 1. The second kappa shape index (κ2) is 12.9. The molecule has 0 saturated carbocycles. The van der Waals surface area contributed by atoms with Crippen molar-refractivity contribution in [2.75, 3.05) is 31.0 Å². The molecule has 3 aromatic carbocycles. The first kappa shape index (κ1) is 30.2. The van der Waals surface area contributed by atoms with Crippen molar-refractivity contribution in [1.29, 1.82) is 0 Å². The van der Waals surface area contributed by atoms with Crippen LogP contribution in [0.2, 0.25) is 0 Å². The van der Waals surface area contributed by atoms with Gasteiger partial charge in [0.15, 0.2) is 5.65 Å². The lowest BCUT2D eigenvalue weighted by molar-refractivity contribution is 0.0945. The van der Waals surface area contributed by atoms with Gasteiger partial charge in [-0.05, 0) is 65.7 Å². The Labute approximate surface area is 253 Å². The summed E-state index contributed by atoms with van der Waals surface area (Å²) in [6.07, 6.45) is 2.93. The van der Waals surface area contributed by atoms with E-state index in [1.54, 1.807) is 47.0 Å². The number of anilines is 2. The van der Waals surface area contributed by atoms with Gasteiger partial charge >= 0.3 is 0 Å². The Morgan fingerprint density at radius 2 is 1.57 bits per heavy atom. The number of hydrogen-bond acceptors (Lipinski definition) is 8. The second-order valence-electron chi connectivity index (χ2n) is 9.97. The molecule has 0 bridgehead atoms. The number of hydrogen-bond donors (Lipinski definition) is 3. The minimum atomic E-state index is -3.19. The summed E-state index contributed by atoms with van der Waals surface area (Å²) in [5.41, 5.74) is 4.46. The number of rotatable bonds is 11. The van der Waals surface area contributed by atoms with Gasteiger partial charge in [0.1, 0.15) is 21.4 Å². The number of amides is 2. The Bertz CT molecular complexity index is 1930. The van der Waals surface area contributed by atoms with Crippen LogP contribution < -0.4 is 20.7 Å². The van der Waals surface area contributed by atoms with Crippen LogP contribution in [-0.4, -0.2) is 60.5 Å². The molecule has 0 aliphatic heterocycles. The zero-order valence-electron chi connectivity index (χ0n) is 23.9. The normalized spacial score (nSPS) is 11.2. The lowest BCUT2D eigenvalue weighted by Crippen LogP contribution is -2.28. The summed E-state index contributed by atoms with van der Waals surface area (Å²) in [7, 11) is -1.72. The molecule has 2 aromatic heterocycles. The van der Waals surface area contributed by atoms with E-state index in [4.69, 9.17) is 4.74 Å². The molecule has 226 valence electrons. The van der Waals surface area contributed by atoms with Crippen molar-refractivity contribution in [2.24, 2.45) is 0 Å². The molecule has 0 atom stereocenters. The Kier molecular flexibility index (Phi) is 8.86. The third kappa shape index (κ3) is 7.55. The molecule has 0 aliphatic rings. The summed E-state index contributed by atoms with van der Waals surface area (Å²) >= 11 is 0. The lowest BCUT2D eigenvalue weighted by Gasteiger charge is -2.11. The number of carbonyl (C=O) groups excluding carboxylic acids is 2. The maximum Gasteiger partial charge on any atom is 0.251 e. The van der Waals surface area contributed by atoms with Crippen LogP contribution in [0.4, 0.5) is 16.0 Å². The quantitative estimate of drug-likeness (QED) is 0.202. The van der Waals surface area contributed by atoms with Gasteiger partial charge in [-0.15, -0.1) is 5.10 Å². The number of carbonyl (C=O) groups is 2. The fraction of sp³-hybridized carbons (Fsp3) is 0.161. The number of pyridine rings is 1. The topological polar surface area (TPSA) is 144 Å². The van der Waals surface area contributed by atoms with Gasteiger partial charge < -0.3 is 20.7 Å². The van der Waals surface area contributed by atoms with E-state index in [9.17, 15) is 22.4 Å². The molecule has 0 saturated heterocycles. The van der Waals surface area contributed by atoms with Crippen LogP contribution in [0.1, 0.15) is 26.3 Å². The molecule has 11 nitrogen and oxygen atoms in total. The number of sulfone groups is 1. The third-order valence-corrected chi connectivity index (χ3v) is 7.59. The van der Waals surface area contributed by atoms with Crippen molar-refractivity contribution >= 4 is 38.9 Å². The molecule has 0 aliphatic carbocycles. The minimum Gasteiger partial charge on any atom is -0.495 e. The number of aromatic nitrogens is 3. The molecular formula is C31H29FN6O5S. The maximum atomic E-state index is 13.1. The number of methoxy groups -OCH3 is 1. The van der Waals surface area contributed by atoms with Crippen LogP contribution in [-0.2, 0) is 16.4 Å². The van der Waals surface area contributed by atoms with E-state index in [1.807, 2.05) is 30.5 Å². The Morgan fingerprint density at radius 3 is 2.27 bits per heavy atom. The van der Waals surface area contributed by atoms with Crippen LogP contribution in [0.25, 0.3) is 16.8 Å². The zero-order valence-corrected chi connectivity index (χ0v) is 24.7. The summed E-state index contributed by atoms with van der Waals surface area (Å²) in [5, 5.41) is 13.0. The van der Waals surface area contributed by atoms with Crippen molar-refractivity contribution in [3.63, 3.8) is 0 Å². The molecular weight excluding hydrogens is 587 g/mol. The van der Waals surface area contributed by atoms with Crippen LogP contribution in [0.15, 0.2) is 85.1 Å². The fourth-order valence-electron chi connectivity index (χ4n) is 4.32. The number of halogens is 1. The van der Waals surface area contributed by atoms with Crippen LogP contribution in [0, 0.1) is 5.82 Å². The van der Waals surface area contributed by atoms with Gasteiger partial charge in [0.25, 0.3) is 11.8 Å². The molecule has 2 amide bonds. The first-order valence-corrected chi connectivity index (χ1v) is 15.5. The van der Waals surface area contributed by atoms with Gasteiger partial charge in [-0.2, -0.15) is 4.98 Å². The second-order valence-corrected chi connectivity index (χ2v) is 12.2. The van der Waals surface area contributed by atoms with E-state index < -0.39 is 15.7 Å². The molecule has 3 N–H and O–H groups in total. The largest absolute Gasteiger partial charge is 0.495 e. The van der Waals surface area contributed by atoms with Gasteiger partial charge in [-0.1, -0.05) is 24.3 Å². The van der Waals surface area contributed by atoms with Gasteiger partial charge in [-0.3, -0.25) is 9.59 Å². The van der Waals surface area contributed by atoms with Gasteiger partial charge in [0, 0.05) is 42.2 Å². The number of nitrogens with zero attached hydrogens (tertiary/aromatic N) is 3. The number of nitrogens with one attached hydrogen (secondary N) is 3. The van der Waals surface area contributed by atoms with Gasteiger partial charge in [-0.25, -0.2) is 17.3 Å². The van der Waals surface area contributed by atoms with E-state index in [2.05, 4.69) is 26.0 Å². The highest BCUT2D eigenvalue weighted by Gasteiger charge is 2.14. The Balaban J connectivity index is 1.24. The monoisotopic (exact) mass is 616 g/mol. The van der Waals surface area contributed by atoms with Crippen LogP contribution >= 0.6 is 0 Å². The van der Waals surface area contributed by atoms with Crippen molar-refractivity contribution in [1.82, 2.24) is 25.2 Å². The molecule has 44 heavy (non-hydrogen) atoms. The first-order valence-electron chi connectivity index (χ1n) is 13.5. The molecule has 13 heteroatoms. The molecule has 0 radical (unpaired) electrons. The molecule has 2 heterocycles. The minimum absolute atomic E-state index is 0.00543. The molecule has 0 unspecified atom stereocenters. The van der Waals surface area contributed by atoms with Crippen LogP contribution in [0.5, 0.6) is 5.75 Å². The van der Waals surface area contributed by atoms with Crippen molar-refractivity contribution in [2.45, 2.75) is 6.54 Å². The summed E-state index contributed by atoms with van der Waals surface area (Å²) < 4.78 is 42.8. The van der Waals surface area contributed by atoms with E-state index in [1.165, 1.54) is 19.2 Å². The first-order chi connectivity index (χ1) is 21.1. The Morgan fingerprint density at radius 1 is 0.886 bits per heavy atom. The van der Waals surface area contributed by atoms with Crippen molar-refractivity contribution < 1.29 is 27.1 Å². The average Bonchev–Trinajstić information content (AvgIpc) is 3.42. The van der Waals surface area contributed by atoms with E-state index in [0.717, 1.165) is 22.9 Å². The molecule has 5 rings (SSSR count). The lowest BCUT2D eigenvalue weighted by atomic mass is 10.1. The molecule has 0 fully saturated rings. The predicted molar refractivity (Wildman–Crippen MR) is 164 cm³/mol. The summed E-state index contributed by atoms with van der Waals surface area (Å²) in [5.74, 6) is -0.456.